The summed E-state index contributed by atoms with van der Waals surface area (Å²) in [6, 6.07) is 11.5. The van der Waals surface area contributed by atoms with Gasteiger partial charge in [-0.15, -0.1) is 0 Å². The Labute approximate surface area is 341 Å². The minimum absolute atomic E-state index is 0.0144. The highest BCUT2D eigenvalue weighted by Crippen LogP contribution is 2.24. The summed E-state index contributed by atoms with van der Waals surface area (Å²) in [5.41, 5.74) is -0.685. The molecule has 0 unspecified atom stereocenters. The first kappa shape index (κ1) is 45.1. The SMILES string of the molecule is CC(C)(C)OC(=O)N=C(c1ccc(C(=O)N[C@@H](Cc2ccc([N+](=O)[O-])cc2)C(=O)N2CCc3[nH]c(CC(=O)O)cc3C2)cc1)N(C(=O)OC(C)(C)C)C(=O)OC(C)(C)C. The fraction of sp³-hybridized carbons (Fsp3) is 0.439. The van der Waals surface area contributed by atoms with E-state index in [1.807, 2.05) is 0 Å². The number of amides is 5. The maximum absolute atomic E-state index is 14.1. The Bertz CT molecular complexity index is 2090. The molecule has 0 radical (unpaired) electrons. The number of imide groups is 1. The average Bonchev–Trinajstić information content (AvgIpc) is 3.49. The Balaban J connectivity index is 1.69. The van der Waals surface area contributed by atoms with Gasteiger partial charge in [0.1, 0.15) is 22.8 Å². The van der Waals surface area contributed by atoms with Crippen LogP contribution in [-0.2, 0) is 49.6 Å². The van der Waals surface area contributed by atoms with Gasteiger partial charge in [-0.25, -0.2) is 14.4 Å². The fourth-order valence-corrected chi connectivity index (χ4v) is 5.85. The molecule has 3 aromatic rings. The molecule has 5 amide bonds. The minimum Gasteiger partial charge on any atom is -0.481 e. The molecule has 2 heterocycles. The number of carboxylic acids is 1. The third-order valence-corrected chi connectivity index (χ3v) is 8.24. The second-order valence-electron chi connectivity index (χ2n) is 16.8. The maximum Gasteiger partial charge on any atom is 0.436 e. The van der Waals surface area contributed by atoms with E-state index in [2.05, 4.69) is 15.3 Å². The van der Waals surface area contributed by atoms with E-state index in [0.29, 0.717) is 22.6 Å². The number of carboxylic acid groups (broad SMARTS) is 1. The van der Waals surface area contributed by atoms with E-state index in [-0.39, 0.29) is 42.7 Å². The summed E-state index contributed by atoms with van der Waals surface area (Å²) < 4.78 is 16.4. The number of amidine groups is 1. The smallest absolute Gasteiger partial charge is 0.436 e. The van der Waals surface area contributed by atoms with Crippen LogP contribution in [0.3, 0.4) is 0 Å². The Morgan fingerprint density at radius 1 is 0.864 bits per heavy atom. The summed E-state index contributed by atoms with van der Waals surface area (Å²) >= 11 is 0. The molecule has 0 aliphatic carbocycles. The van der Waals surface area contributed by atoms with Crippen LogP contribution in [0.15, 0.2) is 59.6 Å². The lowest BCUT2D eigenvalue weighted by atomic mass is 10.0. The molecule has 59 heavy (non-hydrogen) atoms. The number of aliphatic imine (C=N–C) groups is 1. The second kappa shape index (κ2) is 17.9. The van der Waals surface area contributed by atoms with E-state index < -0.39 is 69.7 Å². The Hall–Kier alpha value is -6.59. The normalized spacial score (nSPS) is 13.7. The largest absolute Gasteiger partial charge is 0.481 e. The minimum atomic E-state index is -1.20. The van der Waals surface area contributed by atoms with Gasteiger partial charge in [0, 0.05) is 60.6 Å². The molecular weight excluding hydrogens is 768 g/mol. The van der Waals surface area contributed by atoms with Gasteiger partial charge in [-0.05, 0) is 91.6 Å². The lowest BCUT2D eigenvalue weighted by Gasteiger charge is -2.31. The summed E-state index contributed by atoms with van der Waals surface area (Å²) in [7, 11) is 0. The molecule has 3 N–H and O–H groups in total. The number of nitro groups is 1. The zero-order valence-electron chi connectivity index (χ0n) is 34.5. The van der Waals surface area contributed by atoms with E-state index in [1.165, 1.54) is 48.5 Å². The Morgan fingerprint density at radius 3 is 1.92 bits per heavy atom. The number of aromatic amines is 1. The molecular formula is C41H50N6O12. The molecule has 0 saturated heterocycles. The summed E-state index contributed by atoms with van der Waals surface area (Å²) in [6.45, 7) is 14.7. The predicted molar refractivity (Wildman–Crippen MR) is 213 cm³/mol. The summed E-state index contributed by atoms with van der Waals surface area (Å²) in [6.07, 6.45) is -3.38. The van der Waals surface area contributed by atoms with Crippen LogP contribution in [0.2, 0.25) is 0 Å². The zero-order valence-corrected chi connectivity index (χ0v) is 34.5. The lowest BCUT2D eigenvalue weighted by Crippen LogP contribution is -2.50. The Morgan fingerprint density at radius 2 is 1.41 bits per heavy atom. The van der Waals surface area contributed by atoms with Crippen molar-refractivity contribution in [1.82, 2.24) is 20.1 Å². The number of benzene rings is 2. The van der Waals surface area contributed by atoms with Crippen LogP contribution in [0.5, 0.6) is 0 Å². The highest BCUT2D eigenvalue weighted by molar-refractivity contribution is 6.18. The first-order valence-corrected chi connectivity index (χ1v) is 18.7. The van der Waals surface area contributed by atoms with Crippen molar-refractivity contribution in [2.75, 3.05) is 6.54 Å². The van der Waals surface area contributed by atoms with E-state index in [1.54, 1.807) is 73.3 Å². The molecule has 18 heteroatoms. The van der Waals surface area contributed by atoms with Crippen molar-refractivity contribution in [2.24, 2.45) is 4.99 Å². The standard InChI is InChI=1S/C41H50N6O12/c1-39(2,3)57-36(52)44-33(46(37(53)58-40(4,5)6)38(54)59-41(7,8)9)25-12-14-26(15-13-25)34(50)43-31(20-24-10-16-29(17-11-24)47(55)56)35(51)45-19-18-30-27(23-45)21-28(42-30)22-32(48)49/h10-17,21,31,42H,18-20,22-23H2,1-9H3,(H,43,50)(H,48,49)/t31-/m0/s1. The lowest BCUT2D eigenvalue weighted by molar-refractivity contribution is -0.384. The van der Waals surface area contributed by atoms with Crippen LogP contribution in [-0.4, -0.2) is 96.1 Å². The number of ether oxygens (including phenoxy) is 3. The first-order valence-electron chi connectivity index (χ1n) is 18.7. The second-order valence-corrected chi connectivity index (χ2v) is 16.8. The van der Waals surface area contributed by atoms with Crippen LogP contribution in [0.4, 0.5) is 20.1 Å². The molecule has 1 aliphatic rings. The van der Waals surface area contributed by atoms with Crippen LogP contribution < -0.4 is 5.32 Å². The van der Waals surface area contributed by atoms with Gasteiger partial charge < -0.3 is 34.5 Å². The fourth-order valence-electron chi connectivity index (χ4n) is 5.85. The average molecular weight is 819 g/mol. The van der Waals surface area contributed by atoms with Gasteiger partial charge in [-0.3, -0.25) is 24.5 Å². The number of aliphatic carboxylic acids is 1. The summed E-state index contributed by atoms with van der Waals surface area (Å²) in [5.74, 6) is -2.66. The molecule has 0 saturated carbocycles. The van der Waals surface area contributed by atoms with Crippen LogP contribution >= 0.6 is 0 Å². The maximum atomic E-state index is 14.1. The van der Waals surface area contributed by atoms with Gasteiger partial charge in [0.2, 0.25) is 5.91 Å². The number of carbonyl (C=O) groups excluding carboxylic acids is 5. The predicted octanol–water partition coefficient (Wildman–Crippen LogP) is 6.33. The number of hydrogen-bond acceptors (Lipinski definition) is 11. The molecule has 316 valence electrons. The van der Waals surface area contributed by atoms with Crippen molar-refractivity contribution >= 4 is 47.6 Å². The number of nitrogens with one attached hydrogen (secondary N) is 2. The number of nitro benzene ring substituents is 1. The van der Waals surface area contributed by atoms with Gasteiger partial charge in [-0.1, -0.05) is 24.3 Å². The van der Waals surface area contributed by atoms with Crippen molar-refractivity contribution in [3.8, 4) is 0 Å². The third kappa shape index (κ3) is 13.2. The van der Waals surface area contributed by atoms with Crippen LogP contribution in [0.1, 0.15) is 101 Å². The number of hydrogen-bond donors (Lipinski definition) is 3. The van der Waals surface area contributed by atoms with Gasteiger partial charge in [0.15, 0.2) is 5.84 Å². The van der Waals surface area contributed by atoms with E-state index in [4.69, 9.17) is 14.2 Å². The number of H-pyrrole nitrogens is 1. The van der Waals surface area contributed by atoms with Crippen molar-refractivity contribution in [3.05, 3.63) is 98.4 Å². The summed E-state index contributed by atoms with van der Waals surface area (Å²) in [4.78, 5) is 99.3. The molecule has 4 rings (SSSR count). The number of aromatic nitrogens is 1. The molecule has 0 fully saturated rings. The molecule has 1 atom stereocenters. The van der Waals surface area contributed by atoms with E-state index in [0.717, 1.165) is 11.3 Å². The number of non-ortho nitro benzene ring substituents is 1. The zero-order chi connectivity index (χ0) is 44.0. The van der Waals surface area contributed by atoms with Crippen molar-refractivity contribution in [1.29, 1.82) is 0 Å². The molecule has 0 spiro atoms. The molecule has 1 aliphatic heterocycles. The molecule has 18 nitrogen and oxygen atoms in total. The van der Waals surface area contributed by atoms with Crippen molar-refractivity contribution in [2.45, 2.75) is 111 Å². The highest BCUT2D eigenvalue weighted by Gasteiger charge is 2.37. The quantitative estimate of drug-likeness (QED) is 0.0706. The van der Waals surface area contributed by atoms with Crippen molar-refractivity contribution in [3.63, 3.8) is 0 Å². The molecule has 0 bridgehead atoms. The van der Waals surface area contributed by atoms with Crippen molar-refractivity contribution < 1.29 is 53.0 Å². The van der Waals surface area contributed by atoms with Crippen LogP contribution in [0, 0.1) is 10.1 Å². The monoisotopic (exact) mass is 818 g/mol. The van der Waals surface area contributed by atoms with Gasteiger partial charge >= 0.3 is 24.2 Å². The number of carbonyl (C=O) groups is 6. The molecule has 2 aromatic carbocycles. The number of nitrogens with zero attached hydrogens (tertiary/aromatic N) is 4. The topological polar surface area (TPSA) is 240 Å². The number of fused-ring (bicyclic) bond motifs is 1. The highest BCUT2D eigenvalue weighted by atomic mass is 16.6. The summed E-state index contributed by atoms with van der Waals surface area (Å²) in [5, 5.41) is 23.3. The van der Waals surface area contributed by atoms with E-state index in [9.17, 15) is 44.0 Å². The van der Waals surface area contributed by atoms with E-state index >= 15 is 0 Å². The Kier molecular flexibility index (Phi) is 13.7. The molecule has 1 aromatic heterocycles. The third-order valence-electron chi connectivity index (χ3n) is 8.24. The van der Waals surface area contributed by atoms with Gasteiger partial charge in [0.25, 0.3) is 11.6 Å². The number of rotatable bonds is 9. The van der Waals surface area contributed by atoms with Crippen LogP contribution in [0.25, 0.3) is 0 Å². The first-order chi connectivity index (χ1) is 27.3. The van der Waals surface area contributed by atoms with Gasteiger partial charge in [-0.2, -0.15) is 9.89 Å². The van der Waals surface area contributed by atoms with Gasteiger partial charge in [0.05, 0.1) is 11.3 Å².